The molecule has 0 radical (unpaired) electrons. The Morgan fingerprint density at radius 1 is 1.18 bits per heavy atom. The highest BCUT2D eigenvalue weighted by atomic mass is 35.5. The number of nitrogens with zero attached hydrogens (tertiary/aromatic N) is 2. The number of hydrogen-bond donors (Lipinski definition) is 1. The lowest BCUT2D eigenvalue weighted by molar-refractivity contribution is 0.0982. The highest BCUT2D eigenvalue weighted by molar-refractivity contribution is 7.84. The van der Waals surface area contributed by atoms with Crippen LogP contribution in [0.3, 0.4) is 0 Å². The van der Waals surface area contributed by atoms with E-state index in [0.29, 0.717) is 29.9 Å². The highest BCUT2D eigenvalue weighted by Gasteiger charge is 2.39. The summed E-state index contributed by atoms with van der Waals surface area (Å²) in [6.45, 7) is 10.2. The average molecular weight is 648 g/mol. The van der Waals surface area contributed by atoms with E-state index < -0.39 is 11.0 Å². The quantitative estimate of drug-likeness (QED) is 0.201. The maximum absolute atomic E-state index is 13.2. The Bertz CT molecular complexity index is 1510. The van der Waals surface area contributed by atoms with Crippen molar-refractivity contribution in [1.82, 2.24) is 9.71 Å². The fourth-order valence-electron chi connectivity index (χ4n) is 6.66. The number of rotatable bonds is 12. The normalized spacial score (nSPS) is 21.0. The molecule has 1 aromatic heterocycles. The van der Waals surface area contributed by atoms with E-state index in [4.69, 9.17) is 16.3 Å². The Balaban J connectivity index is 1.49. The van der Waals surface area contributed by atoms with Gasteiger partial charge in [-0.1, -0.05) is 56.2 Å². The Hall–Kier alpha value is -3.16. The van der Waals surface area contributed by atoms with Gasteiger partial charge in [0, 0.05) is 53.2 Å². The summed E-state index contributed by atoms with van der Waals surface area (Å²) in [5.74, 6) is 1.84. The lowest BCUT2D eigenvalue weighted by Crippen LogP contribution is -2.42. The Labute approximate surface area is 276 Å². The second-order valence-electron chi connectivity index (χ2n) is 12.6. The number of aryl methyl sites for hydroxylation is 1. The van der Waals surface area contributed by atoms with Gasteiger partial charge in [-0.15, -0.1) is 0 Å². The molecule has 1 fully saturated rings. The monoisotopic (exact) mass is 647 g/mol. The summed E-state index contributed by atoms with van der Waals surface area (Å²) >= 11 is 6.44. The van der Waals surface area contributed by atoms with Crippen LogP contribution in [0.5, 0.6) is 5.75 Å². The number of benzene rings is 2. The Morgan fingerprint density at radius 2 is 2.02 bits per heavy atom. The zero-order valence-corrected chi connectivity index (χ0v) is 28.4. The van der Waals surface area contributed by atoms with E-state index in [1.807, 2.05) is 50.5 Å². The van der Waals surface area contributed by atoms with Gasteiger partial charge >= 0.3 is 0 Å². The number of carbonyl (C=O) groups is 1. The molecule has 2 aliphatic rings. The van der Waals surface area contributed by atoms with Crippen LogP contribution in [0.2, 0.25) is 5.02 Å². The fourth-order valence-corrected chi connectivity index (χ4v) is 7.39. The van der Waals surface area contributed by atoms with Gasteiger partial charge in [0.15, 0.2) is 0 Å². The maximum Gasteiger partial charge on any atom is 0.263 e. The molecule has 0 saturated heterocycles. The summed E-state index contributed by atoms with van der Waals surface area (Å²) < 4.78 is 21.6. The number of hydrogen-bond acceptors (Lipinski definition) is 5. The number of anilines is 1. The third-order valence-electron chi connectivity index (χ3n) is 9.17. The number of allylic oxidation sites excluding steroid dienone is 2. The second kappa shape index (κ2) is 15.4. The summed E-state index contributed by atoms with van der Waals surface area (Å²) in [4.78, 5) is 20.0. The number of halogens is 1. The molecule has 45 heavy (non-hydrogen) atoms. The summed E-state index contributed by atoms with van der Waals surface area (Å²) in [6, 6.07) is 16.1. The molecular weight excluding hydrogens is 602 g/mol. The molecule has 6 nitrogen and oxygen atoms in total. The fraction of sp³-hybridized carbons (Fsp3) is 0.459. The third-order valence-corrected chi connectivity index (χ3v) is 10.6. The van der Waals surface area contributed by atoms with Crippen molar-refractivity contribution in [3.8, 4) is 5.75 Å². The predicted molar refractivity (Wildman–Crippen MR) is 186 cm³/mol. The van der Waals surface area contributed by atoms with Crippen LogP contribution in [0.1, 0.15) is 92.3 Å². The first-order chi connectivity index (χ1) is 21.8. The molecule has 2 heterocycles. The molecule has 5 unspecified atom stereocenters. The molecule has 1 aliphatic carbocycles. The van der Waals surface area contributed by atoms with Gasteiger partial charge in [-0.2, -0.15) is 0 Å². The van der Waals surface area contributed by atoms with Gasteiger partial charge in [-0.3, -0.25) is 14.5 Å². The van der Waals surface area contributed by atoms with Crippen molar-refractivity contribution >= 4 is 34.2 Å². The number of fused-ring (bicyclic) bond motifs is 1. The van der Waals surface area contributed by atoms with E-state index in [1.54, 1.807) is 6.07 Å². The number of pyridine rings is 1. The van der Waals surface area contributed by atoms with Crippen LogP contribution in [0.4, 0.5) is 5.69 Å². The van der Waals surface area contributed by atoms with E-state index >= 15 is 0 Å². The topological polar surface area (TPSA) is 71.5 Å². The largest absolute Gasteiger partial charge is 0.491 e. The summed E-state index contributed by atoms with van der Waals surface area (Å²) in [5.41, 5.74) is 5.20. The van der Waals surface area contributed by atoms with Gasteiger partial charge in [0.25, 0.3) is 5.91 Å². The van der Waals surface area contributed by atoms with Crippen LogP contribution in [-0.4, -0.2) is 40.0 Å². The predicted octanol–water partition coefficient (Wildman–Crippen LogP) is 8.25. The van der Waals surface area contributed by atoms with Crippen molar-refractivity contribution in [2.75, 3.05) is 24.6 Å². The van der Waals surface area contributed by atoms with E-state index in [9.17, 15) is 9.00 Å². The minimum atomic E-state index is -1.45. The Kier molecular flexibility index (Phi) is 11.4. The number of nitrogens with one attached hydrogen (secondary N) is 1. The summed E-state index contributed by atoms with van der Waals surface area (Å²) in [7, 11) is -1.45. The first-order valence-electron chi connectivity index (χ1n) is 16.4. The van der Waals surface area contributed by atoms with Crippen LogP contribution in [0, 0.1) is 11.8 Å². The molecule has 1 amide bonds. The average Bonchev–Trinajstić information content (AvgIpc) is 3.20. The highest BCUT2D eigenvalue weighted by Crippen LogP contribution is 2.47. The minimum Gasteiger partial charge on any atom is -0.491 e. The molecule has 1 N–H and O–H groups in total. The van der Waals surface area contributed by atoms with Crippen LogP contribution < -0.4 is 14.4 Å². The van der Waals surface area contributed by atoms with Crippen LogP contribution in [-0.2, 0) is 17.4 Å². The number of amides is 1. The maximum atomic E-state index is 13.2. The summed E-state index contributed by atoms with van der Waals surface area (Å²) in [6.07, 6.45) is 13.8. The molecule has 0 spiro atoms. The summed E-state index contributed by atoms with van der Waals surface area (Å²) in [5, 5.41) is 0.585. The molecule has 1 saturated carbocycles. The zero-order valence-electron chi connectivity index (χ0n) is 26.9. The third kappa shape index (κ3) is 7.98. The number of carbonyl (C=O) groups excluding carboxylic acids is 1. The molecule has 8 heteroatoms. The first-order valence-corrected chi connectivity index (χ1v) is 18.0. The van der Waals surface area contributed by atoms with Crippen molar-refractivity contribution in [3.05, 3.63) is 100 Å². The van der Waals surface area contributed by atoms with E-state index in [0.717, 1.165) is 55.2 Å². The second-order valence-corrected chi connectivity index (χ2v) is 14.8. The molecule has 5 atom stereocenters. The van der Waals surface area contributed by atoms with Gasteiger partial charge in [0.1, 0.15) is 16.7 Å². The van der Waals surface area contributed by atoms with E-state index in [-0.39, 0.29) is 17.1 Å². The van der Waals surface area contributed by atoms with Crippen LogP contribution in [0.15, 0.2) is 73.1 Å². The van der Waals surface area contributed by atoms with Crippen molar-refractivity contribution in [2.24, 2.45) is 11.8 Å². The van der Waals surface area contributed by atoms with Crippen LogP contribution >= 0.6 is 11.6 Å². The smallest absolute Gasteiger partial charge is 0.263 e. The van der Waals surface area contributed by atoms with E-state index in [2.05, 4.69) is 58.8 Å². The van der Waals surface area contributed by atoms with Gasteiger partial charge in [0.2, 0.25) is 0 Å². The number of aromatic nitrogens is 1. The SMILES string of the molecule is CC/C=C/C(c1cccnc1)C1CCC1CN1CC(c2ccc(Cl)cc2CCC)COc2ccc(C(=O)NS(=O)C(C)C)cc21. The van der Waals surface area contributed by atoms with Gasteiger partial charge < -0.3 is 9.64 Å². The molecule has 240 valence electrons. The standard InChI is InChI=1S/C37H46ClN3O3S/c1-5-7-11-33(28-10-8-18-39-21-28)34-15-12-29(34)22-41-23-30(32-16-14-31(38)19-26(32)9-6-2)24-44-36-17-13-27(20-35(36)41)37(42)40-45(43)25(3)4/h7-8,10-11,13-14,16-21,25,29-30,33-34H,5-6,9,12,15,22-24H2,1-4H3,(H,40,42)/b11-7+. The molecular formula is C37H46ClN3O3S. The molecule has 0 bridgehead atoms. The lowest BCUT2D eigenvalue weighted by Gasteiger charge is -2.44. The minimum absolute atomic E-state index is 0.134. The number of ether oxygens (including phenoxy) is 1. The first kappa shape index (κ1) is 33.2. The lowest BCUT2D eigenvalue weighted by atomic mass is 9.65. The van der Waals surface area contributed by atoms with Crippen molar-refractivity contribution in [2.45, 2.75) is 76.9 Å². The zero-order chi connectivity index (χ0) is 31.9. The Morgan fingerprint density at radius 3 is 2.71 bits per heavy atom. The van der Waals surface area contributed by atoms with Crippen LogP contribution in [0.25, 0.3) is 0 Å². The molecule has 5 rings (SSSR count). The van der Waals surface area contributed by atoms with Crippen molar-refractivity contribution in [1.29, 1.82) is 0 Å². The van der Waals surface area contributed by atoms with Gasteiger partial charge in [-0.05, 0) is 104 Å². The molecule has 1 aliphatic heterocycles. The van der Waals surface area contributed by atoms with Gasteiger partial charge in [-0.25, -0.2) is 4.21 Å². The molecule has 3 aromatic rings. The van der Waals surface area contributed by atoms with Gasteiger partial charge in [0.05, 0.1) is 12.3 Å². The molecule has 2 aromatic carbocycles. The van der Waals surface area contributed by atoms with Crippen molar-refractivity contribution in [3.63, 3.8) is 0 Å². The van der Waals surface area contributed by atoms with Crippen molar-refractivity contribution < 1.29 is 13.7 Å². The van der Waals surface area contributed by atoms with E-state index in [1.165, 1.54) is 23.1 Å².